The van der Waals surface area contributed by atoms with E-state index >= 15 is 0 Å². The quantitative estimate of drug-likeness (QED) is 0.465. The fourth-order valence-electron chi connectivity index (χ4n) is 2.07. The van der Waals surface area contributed by atoms with Gasteiger partial charge in [-0.2, -0.15) is 5.10 Å². The molecule has 0 unspecified atom stereocenters. The third-order valence-corrected chi connectivity index (χ3v) is 3.44. The lowest BCUT2D eigenvalue weighted by molar-refractivity contribution is -0.385. The molecule has 0 aliphatic heterocycles. The fourth-order valence-corrected chi connectivity index (χ4v) is 2.29. The minimum atomic E-state index is -0.553. The Morgan fingerprint density at radius 2 is 2.16 bits per heavy atom. The highest BCUT2D eigenvalue weighted by Gasteiger charge is 2.15. The number of phenolic OH excluding ortho intramolecular Hbond substituents is 1. The molecule has 0 spiro atoms. The van der Waals surface area contributed by atoms with E-state index in [0.29, 0.717) is 5.02 Å². The zero-order valence-corrected chi connectivity index (χ0v) is 13.9. The molecule has 8 nitrogen and oxygen atoms in total. The van der Waals surface area contributed by atoms with Crippen LogP contribution in [0.15, 0.2) is 41.5 Å². The number of aromatic hydroxyl groups is 1. The zero-order valence-electron chi connectivity index (χ0n) is 13.1. The number of hydrogen-bond donors (Lipinski definition) is 2. The summed E-state index contributed by atoms with van der Waals surface area (Å²) in [5, 5.41) is 24.9. The first-order valence-electron chi connectivity index (χ1n) is 7.03. The predicted octanol–water partition coefficient (Wildman–Crippen LogP) is 2.66. The van der Waals surface area contributed by atoms with E-state index in [1.807, 2.05) is 0 Å². The topological polar surface area (TPSA) is 114 Å². The Hall–Kier alpha value is -3.13. The van der Waals surface area contributed by atoms with Crippen molar-refractivity contribution in [1.29, 1.82) is 0 Å². The molecule has 2 N–H and O–H groups in total. The predicted molar refractivity (Wildman–Crippen MR) is 92.2 cm³/mol. The first kappa shape index (κ1) is 18.2. The van der Waals surface area contributed by atoms with Crippen LogP contribution in [0.4, 0.5) is 5.69 Å². The molecular weight excluding hydrogens is 350 g/mol. The van der Waals surface area contributed by atoms with Crippen LogP contribution in [0.3, 0.4) is 0 Å². The molecule has 0 saturated carbocycles. The summed E-state index contributed by atoms with van der Waals surface area (Å²) in [5.41, 5.74) is 2.62. The van der Waals surface area contributed by atoms with E-state index in [-0.39, 0.29) is 34.7 Å². The average Bonchev–Trinajstić information content (AvgIpc) is 2.57. The molecule has 9 heteroatoms. The lowest BCUT2D eigenvalue weighted by Gasteiger charge is -2.06. The first-order chi connectivity index (χ1) is 11.9. The van der Waals surface area contributed by atoms with Crippen molar-refractivity contribution < 1.29 is 19.6 Å². The number of rotatable bonds is 6. The second-order valence-electron chi connectivity index (χ2n) is 4.90. The molecule has 0 radical (unpaired) electrons. The molecule has 0 aliphatic rings. The minimum Gasteiger partial charge on any atom is -0.504 e. The lowest BCUT2D eigenvalue weighted by atomic mass is 10.1. The number of halogens is 1. The standard InChI is InChI=1S/C16H14ClN3O5/c1-25-14-8-12(17)6-11(16(14)22)9-18-19-15(21)7-10-4-2-3-5-13(10)20(23)24/h2-6,8-9,22H,7H2,1H3,(H,19,21). The van der Waals surface area contributed by atoms with Gasteiger partial charge in [-0.25, -0.2) is 5.43 Å². The highest BCUT2D eigenvalue weighted by atomic mass is 35.5. The van der Waals surface area contributed by atoms with E-state index in [4.69, 9.17) is 16.3 Å². The summed E-state index contributed by atoms with van der Waals surface area (Å²) in [7, 11) is 1.38. The number of carbonyl (C=O) groups is 1. The number of phenols is 1. The normalized spacial score (nSPS) is 10.6. The van der Waals surface area contributed by atoms with Gasteiger partial charge < -0.3 is 9.84 Å². The first-order valence-corrected chi connectivity index (χ1v) is 7.41. The molecule has 0 aromatic heterocycles. The maximum Gasteiger partial charge on any atom is 0.273 e. The molecule has 0 aliphatic carbocycles. The number of nitrogens with zero attached hydrogens (tertiary/aromatic N) is 2. The van der Waals surface area contributed by atoms with Gasteiger partial charge in [-0.05, 0) is 6.07 Å². The maximum atomic E-state index is 11.9. The molecule has 0 atom stereocenters. The molecule has 0 bridgehead atoms. The number of ether oxygens (including phenoxy) is 1. The number of nitro groups is 1. The summed E-state index contributed by atoms with van der Waals surface area (Å²) in [6.45, 7) is 0. The van der Waals surface area contributed by atoms with Crippen molar-refractivity contribution in [3.8, 4) is 11.5 Å². The minimum absolute atomic E-state index is 0.140. The molecule has 130 valence electrons. The van der Waals surface area contributed by atoms with Crippen LogP contribution in [0.1, 0.15) is 11.1 Å². The molecule has 0 saturated heterocycles. The van der Waals surface area contributed by atoms with Crippen LogP contribution in [-0.2, 0) is 11.2 Å². The number of para-hydroxylation sites is 1. The summed E-state index contributed by atoms with van der Waals surface area (Å²) < 4.78 is 4.96. The van der Waals surface area contributed by atoms with Crippen molar-refractivity contribution in [1.82, 2.24) is 5.43 Å². The summed E-state index contributed by atoms with van der Waals surface area (Å²) in [6.07, 6.45) is 0.986. The van der Waals surface area contributed by atoms with Gasteiger partial charge in [-0.1, -0.05) is 29.8 Å². The van der Waals surface area contributed by atoms with Crippen molar-refractivity contribution in [2.75, 3.05) is 7.11 Å². The fraction of sp³-hybridized carbons (Fsp3) is 0.125. The Bertz CT molecular complexity index is 839. The Morgan fingerprint density at radius 3 is 2.84 bits per heavy atom. The number of hydrogen-bond acceptors (Lipinski definition) is 6. The number of nitrogens with one attached hydrogen (secondary N) is 1. The van der Waals surface area contributed by atoms with E-state index < -0.39 is 10.8 Å². The average molecular weight is 364 g/mol. The van der Waals surface area contributed by atoms with Gasteiger partial charge in [-0.3, -0.25) is 14.9 Å². The molecule has 2 aromatic rings. The monoisotopic (exact) mass is 363 g/mol. The lowest BCUT2D eigenvalue weighted by Crippen LogP contribution is -2.20. The van der Waals surface area contributed by atoms with E-state index in [1.54, 1.807) is 6.07 Å². The van der Waals surface area contributed by atoms with E-state index in [0.717, 1.165) is 0 Å². The number of benzene rings is 2. The van der Waals surface area contributed by atoms with Crippen molar-refractivity contribution >= 4 is 29.4 Å². The third kappa shape index (κ3) is 4.67. The van der Waals surface area contributed by atoms with Crippen LogP contribution in [0.25, 0.3) is 0 Å². The maximum absolute atomic E-state index is 11.9. The van der Waals surface area contributed by atoms with E-state index in [2.05, 4.69) is 10.5 Å². The summed E-state index contributed by atoms with van der Waals surface area (Å²) in [5.74, 6) is -0.553. The Morgan fingerprint density at radius 1 is 1.44 bits per heavy atom. The van der Waals surface area contributed by atoms with E-state index in [9.17, 15) is 20.0 Å². The summed E-state index contributed by atoms with van der Waals surface area (Å²) in [4.78, 5) is 22.3. The van der Waals surface area contributed by atoms with Gasteiger partial charge in [-0.15, -0.1) is 0 Å². The second kappa shape index (κ2) is 8.11. The Kier molecular flexibility index (Phi) is 5.91. The number of methoxy groups -OCH3 is 1. The molecule has 2 rings (SSSR count). The molecule has 1 amide bonds. The van der Waals surface area contributed by atoms with Gasteiger partial charge >= 0.3 is 0 Å². The van der Waals surface area contributed by atoms with Gasteiger partial charge in [0.1, 0.15) is 0 Å². The highest BCUT2D eigenvalue weighted by Crippen LogP contribution is 2.32. The highest BCUT2D eigenvalue weighted by molar-refractivity contribution is 6.31. The van der Waals surface area contributed by atoms with Crippen molar-refractivity contribution in [2.45, 2.75) is 6.42 Å². The van der Waals surface area contributed by atoms with Crippen LogP contribution in [-0.4, -0.2) is 29.3 Å². The van der Waals surface area contributed by atoms with Crippen LogP contribution >= 0.6 is 11.6 Å². The van der Waals surface area contributed by atoms with Gasteiger partial charge in [0.2, 0.25) is 5.91 Å². The van der Waals surface area contributed by atoms with Crippen molar-refractivity contribution in [2.24, 2.45) is 5.10 Å². The van der Waals surface area contributed by atoms with Crippen LogP contribution in [0.5, 0.6) is 11.5 Å². The molecule has 25 heavy (non-hydrogen) atoms. The van der Waals surface area contributed by atoms with Crippen LogP contribution < -0.4 is 10.2 Å². The summed E-state index contributed by atoms with van der Waals surface area (Å²) >= 11 is 5.89. The number of nitro benzene ring substituents is 1. The van der Waals surface area contributed by atoms with Crippen molar-refractivity contribution in [3.63, 3.8) is 0 Å². The third-order valence-electron chi connectivity index (χ3n) is 3.22. The Labute approximate surface area is 147 Å². The van der Waals surface area contributed by atoms with Crippen molar-refractivity contribution in [3.05, 3.63) is 62.7 Å². The number of hydrazone groups is 1. The van der Waals surface area contributed by atoms with Gasteiger partial charge in [0.25, 0.3) is 5.69 Å². The van der Waals surface area contributed by atoms with Gasteiger partial charge in [0.05, 0.1) is 24.7 Å². The number of amides is 1. The van der Waals surface area contributed by atoms with Gasteiger partial charge in [0, 0.05) is 28.3 Å². The molecular formula is C16H14ClN3O5. The SMILES string of the molecule is COc1cc(Cl)cc(C=NNC(=O)Cc2ccccc2[N+](=O)[O-])c1O. The zero-order chi connectivity index (χ0) is 18.4. The molecule has 2 aromatic carbocycles. The smallest absolute Gasteiger partial charge is 0.273 e. The second-order valence-corrected chi connectivity index (χ2v) is 5.34. The largest absolute Gasteiger partial charge is 0.504 e. The van der Waals surface area contributed by atoms with Crippen LogP contribution in [0.2, 0.25) is 5.02 Å². The molecule has 0 fully saturated rings. The number of carbonyl (C=O) groups excluding carboxylic acids is 1. The van der Waals surface area contributed by atoms with Gasteiger partial charge in [0.15, 0.2) is 11.5 Å². The summed E-state index contributed by atoms with van der Waals surface area (Å²) in [6, 6.07) is 8.82. The molecule has 0 heterocycles. The Balaban J connectivity index is 2.07. The van der Waals surface area contributed by atoms with E-state index in [1.165, 1.54) is 43.7 Å². The van der Waals surface area contributed by atoms with Crippen LogP contribution in [0, 0.1) is 10.1 Å².